The molecule has 1 aromatic heterocycles. The summed E-state index contributed by atoms with van der Waals surface area (Å²) in [5.74, 6) is 1.62. The summed E-state index contributed by atoms with van der Waals surface area (Å²) in [7, 11) is 3.66. The molecule has 0 atom stereocenters. The van der Waals surface area contributed by atoms with Gasteiger partial charge in [-0.15, -0.1) is 0 Å². The summed E-state index contributed by atoms with van der Waals surface area (Å²) in [5, 5.41) is 5.79. The number of hydrogen-bond acceptors (Lipinski definition) is 4. The average Bonchev–Trinajstić information content (AvgIpc) is 3.34. The van der Waals surface area contributed by atoms with E-state index in [1.165, 1.54) is 42.4 Å². The summed E-state index contributed by atoms with van der Waals surface area (Å²) in [5.41, 5.74) is 3.49. The van der Waals surface area contributed by atoms with E-state index in [9.17, 15) is 0 Å². The number of aryl methyl sites for hydroxylation is 1. The van der Waals surface area contributed by atoms with Gasteiger partial charge in [-0.05, 0) is 62.0 Å². The van der Waals surface area contributed by atoms with Crippen molar-refractivity contribution in [2.24, 2.45) is 7.05 Å². The molecule has 0 amide bonds. The van der Waals surface area contributed by atoms with Crippen LogP contribution in [0.1, 0.15) is 30.4 Å². The van der Waals surface area contributed by atoms with Gasteiger partial charge in [-0.3, -0.25) is 4.68 Å². The van der Waals surface area contributed by atoms with E-state index in [1.54, 1.807) is 7.11 Å². The Balaban J connectivity index is 1.44. The average molecular weight is 380 g/mol. The highest BCUT2D eigenvalue weighted by Crippen LogP contribution is 2.30. The summed E-state index contributed by atoms with van der Waals surface area (Å²) in [6.07, 6.45) is 6.59. The minimum Gasteiger partial charge on any atom is -0.493 e. The van der Waals surface area contributed by atoms with Crippen LogP contribution in [-0.2, 0) is 13.5 Å². The normalized spacial score (nSPS) is 14.6. The smallest absolute Gasteiger partial charge is 0.161 e. The fourth-order valence-electron chi connectivity index (χ4n) is 4.01. The van der Waals surface area contributed by atoms with Crippen molar-refractivity contribution in [2.75, 3.05) is 33.4 Å². The van der Waals surface area contributed by atoms with E-state index in [0.29, 0.717) is 6.61 Å². The van der Waals surface area contributed by atoms with Crippen molar-refractivity contribution in [3.8, 4) is 11.5 Å². The van der Waals surface area contributed by atoms with E-state index in [4.69, 9.17) is 9.47 Å². The summed E-state index contributed by atoms with van der Waals surface area (Å²) in [4.78, 5) is 2.52. The first kappa shape index (κ1) is 18.8. The van der Waals surface area contributed by atoms with Gasteiger partial charge in [-0.2, -0.15) is 5.10 Å². The molecule has 0 saturated carbocycles. The van der Waals surface area contributed by atoms with Crippen LogP contribution in [0.25, 0.3) is 10.9 Å². The number of fused-ring (bicyclic) bond motifs is 1. The zero-order chi connectivity index (χ0) is 19.3. The Morgan fingerprint density at radius 2 is 1.93 bits per heavy atom. The topological polar surface area (TPSA) is 39.5 Å². The van der Waals surface area contributed by atoms with E-state index in [2.05, 4.69) is 46.5 Å². The van der Waals surface area contributed by atoms with E-state index < -0.39 is 0 Å². The van der Waals surface area contributed by atoms with Crippen molar-refractivity contribution in [3.63, 3.8) is 0 Å². The fraction of sp³-hybridized carbons (Fsp3) is 0.435. The SMILES string of the molecule is COc1ccc(Cc2cccc3cn(C)nc23)cc1OCCCN1CCCC1. The predicted octanol–water partition coefficient (Wildman–Crippen LogP) is 4.04. The largest absolute Gasteiger partial charge is 0.493 e. The Hall–Kier alpha value is -2.53. The second-order valence-electron chi connectivity index (χ2n) is 7.57. The van der Waals surface area contributed by atoms with Crippen LogP contribution in [-0.4, -0.2) is 48.0 Å². The molecule has 1 aliphatic rings. The first-order valence-electron chi connectivity index (χ1n) is 10.2. The summed E-state index contributed by atoms with van der Waals surface area (Å²) >= 11 is 0. The molecule has 3 aromatic rings. The molecule has 28 heavy (non-hydrogen) atoms. The van der Waals surface area contributed by atoms with Crippen molar-refractivity contribution < 1.29 is 9.47 Å². The van der Waals surface area contributed by atoms with Crippen molar-refractivity contribution in [3.05, 3.63) is 53.7 Å². The molecular formula is C23H29N3O2. The van der Waals surface area contributed by atoms with Crippen LogP contribution in [0.15, 0.2) is 42.6 Å². The number of likely N-dealkylation sites (tertiary alicyclic amines) is 1. The monoisotopic (exact) mass is 379 g/mol. The number of nitrogens with zero attached hydrogens (tertiary/aromatic N) is 3. The standard InChI is InChI=1S/C23H29N3O2/c1-25-17-20-8-5-7-19(23(20)24-25)15-18-9-10-21(27-2)22(16-18)28-14-6-13-26-11-3-4-12-26/h5,7-10,16-17H,3-4,6,11-15H2,1-2H3. The molecule has 5 nitrogen and oxygen atoms in total. The molecule has 4 rings (SSSR count). The second kappa shape index (κ2) is 8.65. The highest BCUT2D eigenvalue weighted by Gasteiger charge is 2.12. The van der Waals surface area contributed by atoms with E-state index >= 15 is 0 Å². The molecule has 0 aliphatic carbocycles. The lowest BCUT2D eigenvalue weighted by Crippen LogP contribution is -2.21. The molecule has 2 heterocycles. The van der Waals surface area contributed by atoms with Gasteiger partial charge < -0.3 is 14.4 Å². The molecule has 0 spiro atoms. The molecule has 2 aromatic carbocycles. The van der Waals surface area contributed by atoms with Crippen molar-refractivity contribution in [2.45, 2.75) is 25.7 Å². The lowest BCUT2D eigenvalue weighted by molar-refractivity contribution is 0.254. The number of benzene rings is 2. The number of methoxy groups -OCH3 is 1. The molecule has 5 heteroatoms. The van der Waals surface area contributed by atoms with Gasteiger partial charge in [0, 0.05) is 25.2 Å². The van der Waals surface area contributed by atoms with Gasteiger partial charge >= 0.3 is 0 Å². The first-order chi connectivity index (χ1) is 13.7. The molecule has 1 aliphatic heterocycles. The van der Waals surface area contributed by atoms with Crippen molar-refractivity contribution in [1.82, 2.24) is 14.7 Å². The lowest BCUT2D eigenvalue weighted by Gasteiger charge is -2.16. The van der Waals surface area contributed by atoms with Crippen LogP contribution in [0, 0.1) is 0 Å². The number of hydrogen-bond donors (Lipinski definition) is 0. The van der Waals surface area contributed by atoms with Gasteiger partial charge in [0.15, 0.2) is 11.5 Å². The Morgan fingerprint density at radius 1 is 1.07 bits per heavy atom. The minimum atomic E-state index is 0.714. The fourth-order valence-corrected chi connectivity index (χ4v) is 4.01. The van der Waals surface area contributed by atoms with Crippen LogP contribution in [0.3, 0.4) is 0 Å². The van der Waals surface area contributed by atoms with Gasteiger partial charge in [0.25, 0.3) is 0 Å². The highest BCUT2D eigenvalue weighted by molar-refractivity contribution is 5.81. The maximum absolute atomic E-state index is 6.09. The Kier molecular flexibility index (Phi) is 5.81. The van der Waals surface area contributed by atoms with Gasteiger partial charge in [-0.25, -0.2) is 0 Å². The van der Waals surface area contributed by atoms with Crippen LogP contribution >= 0.6 is 0 Å². The molecule has 0 N–H and O–H groups in total. The van der Waals surface area contributed by atoms with Gasteiger partial charge in [0.05, 0.1) is 19.2 Å². The highest BCUT2D eigenvalue weighted by atomic mass is 16.5. The van der Waals surface area contributed by atoms with E-state index in [1.807, 2.05) is 17.8 Å². The summed E-state index contributed by atoms with van der Waals surface area (Å²) < 4.78 is 13.5. The second-order valence-corrected chi connectivity index (χ2v) is 7.57. The maximum Gasteiger partial charge on any atom is 0.161 e. The lowest BCUT2D eigenvalue weighted by atomic mass is 10.0. The third kappa shape index (κ3) is 4.30. The molecule has 148 valence electrons. The Labute approximate surface area is 166 Å². The Bertz CT molecular complexity index is 929. The molecule has 0 bridgehead atoms. The minimum absolute atomic E-state index is 0.714. The number of aromatic nitrogens is 2. The van der Waals surface area contributed by atoms with Gasteiger partial charge in [0.1, 0.15) is 0 Å². The number of ether oxygens (including phenoxy) is 2. The van der Waals surface area contributed by atoms with Crippen LogP contribution in [0.4, 0.5) is 0 Å². The molecular weight excluding hydrogens is 350 g/mol. The van der Waals surface area contributed by atoms with Crippen LogP contribution in [0.5, 0.6) is 11.5 Å². The predicted molar refractivity (Wildman–Crippen MR) is 112 cm³/mol. The molecule has 0 unspecified atom stereocenters. The van der Waals surface area contributed by atoms with Crippen LogP contribution in [0.2, 0.25) is 0 Å². The Morgan fingerprint density at radius 3 is 2.75 bits per heavy atom. The molecule has 1 saturated heterocycles. The molecule has 0 radical (unpaired) electrons. The third-order valence-corrected chi connectivity index (χ3v) is 5.43. The van der Waals surface area contributed by atoms with E-state index in [-0.39, 0.29) is 0 Å². The van der Waals surface area contributed by atoms with Crippen LogP contribution < -0.4 is 9.47 Å². The maximum atomic E-state index is 6.09. The van der Waals surface area contributed by atoms with Gasteiger partial charge in [0.2, 0.25) is 0 Å². The molecule has 1 fully saturated rings. The first-order valence-corrected chi connectivity index (χ1v) is 10.2. The number of rotatable bonds is 8. The quantitative estimate of drug-likeness (QED) is 0.554. The van der Waals surface area contributed by atoms with Gasteiger partial charge in [-0.1, -0.05) is 24.3 Å². The summed E-state index contributed by atoms with van der Waals surface area (Å²) in [6.45, 7) is 4.30. The van der Waals surface area contributed by atoms with Crippen molar-refractivity contribution in [1.29, 1.82) is 0 Å². The zero-order valence-electron chi connectivity index (χ0n) is 16.9. The van der Waals surface area contributed by atoms with Crippen molar-refractivity contribution >= 4 is 10.9 Å². The van der Waals surface area contributed by atoms with E-state index in [0.717, 1.165) is 36.4 Å². The summed E-state index contributed by atoms with van der Waals surface area (Å²) in [6, 6.07) is 12.6. The zero-order valence-corrected chi connectivity index (χ0v) is 16.9. The third-order valence-electron chi connectivity index (χ3n) is 5.43.